The number of nitrogens with zero attached hydrogens (tertiary/aromatic N) is 3. The van der Waals surface area contributed by atoms with E-state index < -0.39 is 16.4 Å². The van der Waals surface area contributed by atoms with Crippen molar-refractivity contribution in [3.63, 3.8) is 0 Å². The van der Waals surface area contributed by atoms with E-state index in [1.54, 1.807) is 0 Å². The first kappa shape index (κ1) is 13.4. The van der Waals surface area contributed by atoms with Crippen LogP contribution in [0.2, 0.25) is 10.2 Å². The molecular formula is C10H5Cl2FN4O2. The molecule has 0 aliphatic heterocycles. The van der Waals surface area contributed by atoms with Crippen molar-refractivity contribution in [2.75, 3.05) is 5.32 Å². The van der Waals surface area contributed by atoms with E-state index in [0.717, 1.165) is 12.4 Å². The molecule has 9 heteroatoms. The van der Waals surface area contributed by atoms with Gasteiger partial charge in [-0.25, -0.2) is 14.4 Å². The zero-order valence-electron chi connectivity index (χ0n) is 9.10. The molecule has 1 aromatic carbocycles. The van der Waals surface area contributed by atoms with Crippen LogP contribution in [0.3, 0.4) is 0 Å². The Hall–Kier alpha value is -1.99. The first-order valence-corrected chi connectivity index (χ1v) is 5.62. The molecule has 6 nitrogen and oxygen atoms in total. The molecule has 0 unspecified atom stereocenters. The van der Waals surface area contributed by atoms with Gasteiger partial charge in [0.15, 0.2) is 0 Å². The lowest BCUT2D eigenvalue weighted by Crippen LogP contribution is -2.03. The summed E-state index contributed by atoms with van der Waals surface area (Å²) in [6, 6.07) is 3.99. The van der Waals surface area contributed by atoms with Crippen molar-refractivity contribution in [1.29, 1.82) is 0 Å². The number of halogens is 3. The van der Waals surface area contributed by atoms with Gasteiger partial charge in [0.05, 0.1) is 15.6 Å². The summed E-state index contributed by atoms with van der Waals surface area (Å²) >= 11 is 11.4. The van der Waals surface area contributed by atoms with Gasteiger partial charge in [-0.3, -0.25) is 10.1 Å². The summed E-state index contributed by atoms with van der Waals surface area (Å²) in [5.41, 5.74) is -0.675. The molecular weight excluding hydrogens is 298 g/mol. The lowest BCUT2D eigenvalue weighted by Gasteiger charge is -2.08. The predicted octanol–water partition coefficient (Wildman–Crippen LogP) is 3.57. The third-order valence-electron chi connectivity index (χ3n) is 2.17. The quantitative estimate of drug-likeness (QED) is 0.532. The van der Waals surface area contributed by atoms with Gasteiger partial charge in [-0.2, -0.15) is 0 Å². The van der Waals surface area contributed by atoms with E-state index in [0.29, 0.717) is 0 Å². The second-order valence-electron chi connectivity index (χ2n) is 3.34. The molecule has 0 radical (unpaired) electrons. The molecule has 19 heavy (non-hydrogen) atoms. The summed E-state index contributed by atoms with van der Waals surface area (Å²) in [6.07, 6.45) is 1.02. The van der Waals surface area contributed by atoms with Crippen molar-refractivity contribution in [1.82, 2.24) is 9.97 Å². The van der Waals surface area contributed by atoms with Crippen LogP contribution in [0.15, 0.2) is 24.5 Å². The molecule has 0 amide bonds. The van der Waals surface area contributed by atoms with Gasteiger partial charge < -0.3 is 5.32 Å². The van der Waals surface area contributed by atoms with Crippen LogP contribution in [0.25, 0.3) is 0 Å². The third kappa shape index (κ3) is 2.72. The third-order valence-corrected chi connectivity index (χ3v) is 2.76. The van der Waals surface area contributed by atoms with Gasteiger partial charge in [0.25, 0.3) is 0 Å². The number of anilines is 2. The Morgan fingerprint density at radius 1 is 1.32 bits per heavy atom. The maximum Gasteiger partial charge on any atom is 0.348 e. The number of hydrogen-bond acceptors (Lipinski definition) is 5. The molecule has 2 aromatic rings. The van der Waals surface area contributed by atoms with E-state index >= 15 is 0 Å². The topological polar surface area (TPSA) is 81.0 Å². The Kier molecular flexibility index (Phi) is 3.77. The van der Waals surface area contributed by atoms with Gasteiger partial charge >= 0.3 is 5.69 Å². The Morgan fingerprint density at radius 2 is 2.05 bits per heavy atom. The highest BCUT2D eigenvalue weighted by molar-refractivity contribution is 6.33. The summed E-state index contributed by atoms with van der Waals surface area (Å²) in [5, 5.41) is 13.0. The first-order valence-electron chi connectivity index (χ1n) is 4.86. The van der Waals surface area contributed by atoms with Gasteiger partial charge in [-0.15, -0.1) is 0 Å². The van der Waals surface area contributed by atoms with E-state index in [1.165, 1.54) is 12.1 Å². The van der Waals surface area contributed by atoms with Gasteiger partial charge in [0, 0.05) is 0 Å². The normalized spacial score (nSPS) is 10.3. The van der Waals surface area contributed by atoms with Crippen LogP contribution in [0.4, 0.5) is 21.6 Å². The van der Waals surface area contributed by atoms with Crippen LogP contribution in [0, 0.1) is 15.9 Å². The molecule has 0 spiro atoms. The fraction of sp³-hybridized carbons (Fsp3) is 0. The van der Waals surface area contributed by atoms with E-state index in [9.17, 15) is 14.5 Å². The summed E-state index contributed by atoms with van der Waals surface area (Å²) < 4.78 is 13.6. The van der Waals surface area contributed by atoms with Crippen molar-refractivity contribution in [3.05, 3.63) is 50.6 Å². The molecule has 1 N–H and O–H groups in total. The number of benzene rings is 1. The average Bonchev–Trinajstić information content (AvgIpc) is 2.33. The van der Waals surface area contributed by atoms with Crippen LogP contribution >= 0.6 is 23.2 Å². The fourth-order valence-corrected chi connectivity index (χ4v) is 1.76. The molecule has 0 aliphatic rings. The van der Waals surface area contributed by atoms with Crippen LogP contribution in [0.5, 0.6) is 0 Å². The standard InChI is InChI=1S/C10H5Cl2FN4O2/c11-5-2-1-3-6(13)7(5)16-10-8(17(18)19)9(12)14-4-15-10/h1-4H,(H,14,15,16). The average molecular weight is 303 g/mol. The Balaban J connectivity index is 2.50. The lowest BCUT2D eigenvalue weighted by molar-refractivity contribution is -0.384. The minimum absolute atomic E-state index is 0.0593. The van der Waals surface area contributed by atoms with Gasteiger partial charge in [-0.05, 0) is 12.1 Å². The molecule has 98 valence electrons. The number of para-hydroxylation sites is 1. The molecule has 0 saturated heterocycles. The lowest BCUT2D eigenvalue weighted by atomic mass is 10.3. The SMILES string of the molecule is O=[N+]([O-])c1c(Cl)ncnc1Nc1c(F)cccc1Cl. The van der Waals surface area contributed by atoms with Crippen molar-refractivity contribution < 1.29 is 9.31 Å². The van der Waals surface area contributed by atoms with Crippen LogP contribution in [-0.2, 0) is 0 Å². The number of aromatic nitrogens is 2. The Morgan fingerprint density at radius 3 is 2.68 bits per heavy atom. The second kappa shape index (κ2) is 5.33. The molecule has 0 fully saturated rings. The van der Waals surface area contributed by atoms with Crippen LogP contribution in [0.1, 0.15) is 0 Å². The highest BCUT2D eigenvalue weighted by Crippen LogP contribution is 2.33. The van der Waals surface area contributed by atoms with Crippen molar-refractivity contribution in [3.8, 4) is 0 Å². The summed E-state index contributed by atoms with van der Waals surface area (Å²) in [4.78, 5) is 17.3. The Bertz CT molecular complexity index is 633. The maximum absolute atomic E-state index is 13.6. The molecule has 2 rings (SSSR count). The minimum atomic E-state index is -0.764. The molecule has 0 bridgehead atoms. The smallest absolute Gasteiger partial charge is 0.331 e. The monoisotopic (exact) mass is 302 g/mol. The van der Waals surface area contributed by atoms with Crippen molar-refractivity contribution in [2.45, 2.75) is 0 Å². The number of rotatable bonds is 3. The maximum atomic E-state index is 13.6. The van der Waals surface area contributed by atoms with E-state index in [2.05, 4.69) is 15.3 Å². The highest BCUT2D eigenvalue weighted by Gasteiger charge is 2.23. The molecule has 0 aliphatic carbocycles. The first-order chi connectivity index (χ1) is 9.00. The van der Waals surface area contributed by atoms with Gasteiger partial charge in [0.2, 0.25) is 11.0 Å². The van der Waals surface area contributed by atoms with E-state index in [4.69, 9.17) is 23.2 Å². The minimum Gasteiger partial charge on any atom is -0.331 e. The van der Waals surface area contributed by atoms with Crippen LogP contribution in [-0.4, -0.2) is 14.9 Å². The highest BCUT2D eigenvalue weighted by atomic mass is 35.5. The largest absolute Gasteiger partial charge is 0.348 e. The number of nitrogens with one attached hydrogen (secondary N) is 1. The van der Waals surface area contributed by atoms with Crippen LogP contribution < -0.4 is 5.32 Å². The molecule has 0 saturated carbocycles. The summed E-state index contributed by atoms with van der Waals surface area (Å²) in [5.74, 6) is -0.909. The predicted molar refractivity (Wildman–Crippen MR) is 68.4 cm³/mol. The van der Waals surface area contributed by atoms with Gasteiger partial charge in [-0.1, -0.05) is 29.3 Å². The number of nitro groups is 1. The molecule has 0 atom stereocenters. The fourth-order valence-electron chi connectivity index (χ4n) is 1.35. The zero-order valence-corrected chi connectivity index (χ0v) is 10.6. The zero-order chi connectivity index (χ0) is 14.0. The van der Waals surface area contributed by atoms with Crippen molar-refractivity contribution >= 4 is 40.4 Å². The molecule has 1 heterocycles. The van der Waals surface area contributed by atoms with Crippen molar-refractivity contribution in [2.24, 2.45) is 0 Å². The Labute approximate surface area is 116 Å². The van der Waals surface area contributed by atoms with E-state index in [-0.39, 0.29) is 21.7 Å². The van der Waals surface area contributed by atoms with E-state index in [1.807, 2.05) is 0 Å². The summed E-state index contributed by atoms with van der Waals surface area (Å²) in [7, 11) is 0. The summed E-state index contributed by atoms with van der Waals surface area (Å²) in [6.45, 7) is 0. The molecule has 1 aromatic heterocycles. The van der Waals surface area contributed by atoms with Gasteiger partial charge in [0.1, 0.15) is 12.1 Å². The number of hydrogen-bond donors (Lipinski definition) is 1. The second-order valence-corrected chi connectivity index (χ2v) is 4.11.